The summed E-state index contributed by atoms with van der Waals surface area (Å²) in [5.41, 5.74) is 2.60. The second kappa shape index (κ2) is 9.46. The topological polar surface area (TPSA) is 69.9 Å². The zero-order chi connectivity index (χ0) is 24.5. The van der Waals surface area contributed by atoms with E-state index in [0.717, 1.165) is 22.6 Å². The molecule has 0 aliphatic heterocycles. The molecule has 2 aromatic carbocycles. The van der Waals surface area contributed by atoms with Crippen LogP contribution in [0.5, 0.6) is 5.88 Å². The average Bonchev–Trinajstić information content (AvgIpc) is 2.81. The normalized spacial score (nSPS) is 11.5. The Morgan fingerprint density at radius 2 is 1.79 bits per heavy atom. The highest BCUT2D eigenvalue weighted by molar-refractivity contribution is 9.10. The van der Waals surface area contributed by atoms with E-state index in [2.05, 4.69) is 46.7 Å². The third-order valence-corrected chi connectivity index (χ3v) is 5.86. The first-order valence-electron chi connectivity index (χ1n) is 10.7. The number of benzene rings is 2. The molecule has 2 aromatic heterocycles. The van der Waals surface area contributed by atoms with E-state index in [1.165, 1.54) is 16.7 Å². The summed E-state index contributed by atoms with van der Waals surface area (Å²) in [7, 11) is 0. The third-order valence-electron chi connectivity index (χ3n) is 5.18. The Bertz CT molecular complexity index is 1400. The molecule has 174 valence electrons. The number of nitrogens with zero attached hydrogens (tertiary/aromatic N) is 4. The lowest BCUT2D eigenvalue weighted by atomic mass is 9.95. The molecule has 0 bridgehead atoms. The van der Waals surface area contributed by atoms with Crippen LogP contribution in [-0.2, 0) is 12.0 Å². The fraction of sp³-hybridized carbons (Fsp3) is 0.231. The molecule has 34 heavy (non-hydrogen) atoms. The maximum absolute atomic E-state index is 13.2. The van der Waals surface area contributed by atoms with Crippen LogP contribution in [0, 0.1) is 12.7 Å². The van der Waals surface area contributed by atoms with Gasteiger partial charge in [-0.25, -0.2) is 14.4 Å². The summed E-state index contributed by atoms with van der Waals surface area (Å²) in [5.74, 6) is 1.08. The molecular formula is C26H24BrFN4O2. The van der Waals surface area contributed by atoms with Gasteiger partial charge >= 0.3 is 0 Å². The van der Waals surface area contributed by atoms with Gasteiger partial charge in [0.15, 0.2) is 0 Å². The Morgan fingerprint density at radius 1 is 1.06 bits per heavy atom. The molecule has 0 atom stereocenters. The fourth-order valence-corrected chi connectivity index (χ4v) is 3.78. The summed E-state index contributed by atoms with van der Waals surface area (Å²) < 4.78 is 20.6. The van der Waals surface area contributed by atoms with Crippen molar-refractivity contribution in [1.29, 1.82) is 0 Å². The SMILES string of the molecule is Cc1nc(OCc2ccc(F)cc2)c(Br)c(=O)n1-c1cccc(-c2ccnc(C(C)(C)C)n2)c1. The second-order valence-corrected chi connectivity index (χ2v) is 9.69. The summed E-state index contributed by atoms with van der Waals surface area (Å²) >= 11 is 3.34. The van der Waals surface area contributed by atoms with Crippen LogP contribution in [0.2, 0.25) is 0 Å². The Kier molecular flexibility index (Phi) is 6.61. The lowest BCUT2D eigenvalue weighted by molar-refractivity contribution is 0.289. The van der Waals surface area contributed by atoms with Crippen molar-refractivity contribution in [2.45, 2.75) is 39.7 Å². The van der Waals surface area contributed by atoms with Gasteiger partial charge in [0.25, 0.3) is 5.56 Å². The van der Waals surface area contributed by atoms with Gasteiger partial charge in [-0.05, 0) is 58.7 Å². The van der Waals surface area contributed by atoms with Crippen molar-refractivity contribution in [3.63, 3.8) is 0 Å². The molecule has 0 spiro atoms. The zero-order valence-electron chi connectivity index (χ0n) is 19.3. The second-order valence-electron chi connectivity index (χ2n) is 8.90. The first kappa shape index (κ1) is 23.8. The summed E-state index contributed by atoms with van der Waals surface area (Å²) in [5, 5.41) is 0. The minimum atomic E-state index is -0.319. The van der Waals surface area contributed by atoms with E-state index in [9.17, 15) is 9.18 Å². The van der Waals surface area contributed by atoms with Crippen LogP contribution in [-0.4, -0.2) is 19.5 Å². The van der Waals surface area contributed by atoms with Crippen molar-refractivity contribution in [3.05, 3.63) is 98.7 Å². The van der Waals surface area contributed by atoms with Crippen molar-refractivity contribution >= 4 is 15.9 Å². The van der Waals surface area contributed by atoms with E-state index in [1.807, 2.05) is 30.3 Å². The third kappa shape index (κ3) is 5.07. The maximum atomic E-state index is 13.2. The van der Waals surface area contributed by atoms with E-state index in [4.69, 9.17) is 9.72 Å². The first-order chi connectivity index (χ1) is 16.1. The van der Waals surface area contributed by atoms with Crippen LogP contribution < -0.4 is 10.3 Å². The first-order valence-corrected chi connectivity index (χ1v) is 11.5. The lowest BCUT2D eigenvalue weighted by Crippen LogP contribution is -2.23. The fourth-order valence-electron chi connectivity index (χ4n) is 3.40. The summed E-state index contributed by atoms with van der Waals surface area (Å²) in [4.78, 5) is 26.8. The van der Waals surface area contributed by atoms with Crippen LogP contribution in [0.25, 0.3) is 16.9 Å². The molecule has 6 nitrogen and oxygen atoms in total. The standard InChI is InChI=1S/C26H24BrFN4O2/c1-16-30-23(34-15-17-8-10-19(28)11-9-17)22(27)24(33)32(16)20-7-5-6-18(14-20)21-12-13-29-25(31-21)26(2,3)4/h5-14H,15H2,1-4H3. The molecule has 0 N–H and O–H groups in total. The number of aryl methyl sites for hydroxylation is 1. The number of halogens is 2. The molecule has 0 aliphatic rings. The molecule has 0 saturated heterocycles. The van der Waals surface area contributed by atoms with Crippen LogP contribution in [0.1, 0.15) is 38.0 Å². The Hall–Kier alpha value is -3.39. The van der Waals surface area contributed by atoms with Gasteiger partial charge in [0.2, 0.25) is 5.88 Å². The number of hydrogen-bond donors (Lipinski definition) is 0. The maximum Gasteiger partial charge on any atom is 0.276 e. The predicted molar refractivity (Wildman–Crippen MR) is 133 cm³/mol. The van der Waals surface area contributed by atoms with E-state index in [0.29, 0.717) is 11.5 Å². The van der Waals surface area contributed by atoms with Gasteiger partial charge in [0, 0.05) is 17.2 Å². The van der Waals surface area contributed by atoms with Crippen LogP contribution >= 0.6 is 15.9 Å². The van der Waals surface area contributed by atoms with Gasteiger partial charge in [-0.2, -0.15) is 4.98 Å². The van der Waals surface area contributed by atoms with Crippen LogP contribution in [0.15, 0.2) is 70.1 Å². The predicted octanol–water partition coefficient (Wildman–Crippen LogP) is 5.78. The number of hydrogen-bond acceptors (Lipinski definition) is 5. The van der Waals surface area contributed by atoms with Gasteiger partial charge in [-0.3, -0.25) is 9.36 Å². The smallest absolute Gasteiger partial charge is 0.276 e. The largest absolute Gasteiger partial charge is 0.472 e. The van der Waals surface area contributed by atoms with Crippen molar-refractivity contribution in [3.8, 4) is 22.8 Å². The Morgan fingerprint density at radius 3 is 2.50 bits per heavy atom. The number of ether oxygens (including phenoxy) is 1. The molecular weight excluding hydrogens is 499 g/mol. The number of rotatable bonds is 5. The van der Waals surface area contributed by atoms with E-state index in [1.54, 1.807) is 25.3 Å². The average molecular weight is 523 g/mol. The minimum Gasteiger partial charge on any atom is -0.472 e. The molecule has 4 rings (SSSR count). The summed E-state index contributed by atoms with van der Waals surface area (Å²) in [6.07, 6.45) is 1.75. The number of aromatic nitrogens is 4. The molecule has 0 fully saturated rings. The monoisotopic (exact) mass is 522 g/mol. The van der Waals surface area contributed by atoms with Crippen molar-refractivity contribution in [1.82, 2.24) is 19.5 Å². The Balaban J connectivity index is 1.67. The van der Waals surface area contributed by atoms with Gasteiger partial charge in [0.05, 0.1) is 11.4 Å². The molecule has 2 heterocycles. The Labute approximate surface area is 205 Å². The molecule has 0 radical (unpaired) electrons. The molecule has 0 aliphatic carbocycles. The summed E-state index contributed by atoms with van der Waals surface area (Å²) in [6, 6.07) is 15.4. The zero-order valence-corrected chi connectivity index (χ0v) is 20.9. The highest BCUT2D eigenvalue weighted by Gasteiger charge is 2.19. The van der Waals surface area contributed by atoms with Crippen molar-refractivity contribution < 1.29 is 9.13 Å². The quantitative estimate of drug-likeness (QED) is 0.332. The molecule has 0 unspecified atom stereocenters. The minimum absolute atomic E-state index is 0.161. The summed E-state index contributed by atoms with van der Waals surface area (Å²) in [6.45, 7) is 8.10. The van der Waals surface area contributed by atoms with Gasteiger partial charge in [0.1, 0.15) is 28.5 Å². The highest BCUT2D eigenvalue weighted by Crippen LogP contribution is 2.26. The van der Waals surface area contributed by atoms with E-state index in [-0.39, 0.29) is 33.8 Å². The van der Waals surface area contributed by atoms with Crippen molar-refractivity contribution in [2.75, 3.05) is 0 Å². The van der Waals surface area contributed by atoms with Crippen LogP contribution in [0.4, 0.5) is 4.39 Å². The van der Waals surface area contributed by atoms with Crippen LogP contribution in [0.3, 0.4) is 0 Å². The van der Waals surface area contributed by atoms with Gasteiger partial charge < -0.3 is 4.74 Å². The molecule has 8 heteroatoms. The lowest BCUT2D eigenvalue weighted by Gasteiger charge is -2.17. The van der Waals surface area contributed by atoms with Gasteiger partial charge in [-0.1, -0.05) is 45.0 Å². The van der Waals surface area contributed by atoms with Gasteiger partial charge in [-0.15, -0.1) is 0 Å². The molecule has 0 amide bonds. The van der Waals surface area contributed by atoms with Crippen molar-refractivity contribution in [2.24, 2.45) is 0 Å². The molecule has 0 saturated carbocycles. The highest BCUT2D eigenvalue weighted by atomic mass is 79.9. The van der Waals surface area contributed by atoms with E-state index < -0.39 is 0 Å². The molecule has 4 aromatic rings. The van der Waals surface area contributed by atoms with E-state index >= 15 is 0 Å².